The fourth-order valence-electron chi connectivity index (χ4n) is 3.11. The van der Waals surface area contributed by atoms with Gasteiger partial charge in [0.15, 0.2) is 5.65 Å². The third-order valence-electron chi connectivity index (χ3n) is 4.69. The second-order valence-corrected chi connectivity index (χ2v) is 6.78. The smallest absolute Gasteiger partial charge is 0.252 e. The molecule has 2 aromatic heterocycles. The van der Waals surface area contributed by atoms with Gasteiger partial charge < -0.3 is 10.6 Å². The lowest BCUT2D eigenvalue weighted by atomic mass is 10.0. The van der Waals surface area contributed by atoms with Gasteiger partial charge >= 0.3 is 0 Å². The van der Waals surface area contributed by atoms with Gasteiger partial charge in [0.25, 0.3) is 5.91 Å². The molecule has 0 aliphatic rings. The molecule has 0 saturated heterocycles. The summed E-state index contributed by atoms with van der Waals surface area (Å²) in [7, 11) is 6.00. The minimum absolute atomic E-state index is 0.178. The van der Waals surface area contributed by atoms with E-state index in [2.05, 4.69) is 26.6 Å². The number of carbonyl (C=O) groups is 1. The molecule has 2 radical (unpaired) electrons. The molecule has 8 heteroatoms. The molecule has 0 spiro atoms. The van der Waals surface area contributed by atoms with Crippen molar-refractivity contribution >= 4 is 30.7 Å². The number of nitrogens with one attached hydrogen (secondary N) is 2. The van der Waals surface area contributed by atoms with Crippen molar-refractivity contribution in [2.75, 3.05) is 11.9 Å². The van der Waals surface area contributed by atoms with Crippen LogP contribution >= 0.6 is 0 Å². The molecule has 0 saturated carbocycles. The van der Waals surface area contributed by atoms with Crippen LogP contribution in [-0.4, -0.2) is 34.9 Å². The summed E-state index contributed by atoms with van der Waals surface area (Å²) in [5.74, 6) is 2.37. The Kier molecular flexibility index (Phi) is 5.67. The van der Waals surface area contributed by atoms with Crippen LogP contribution in [0.25, 0.3) is 16.9 Å². The Morgan fingerprint density at radius 2 is 1.97 bits per heavy atom. The predicted molar refractivity (Wildman–Crippen MR) is 119 cm³/mol. The van der Waals surface area contributed by atoms with Crippen molar-refractivity contribution in [3.63, 3.8) is 0 Å². The first-order chi connectivity index (χ1) is 15.1. The van der Waals surface area contributed by atoms with E-state index in [-0.39, 0.29) is 18.3 Å². The van der Waals surface area contributed by atoms with Crippen LogP contribution in [0.5, 0.6) is 0 Å². The lowest BCUT2D eigenvalue weighted by Crippen LogP contribution is -2.23. The molecule has 2 aromatic carbocycles. The van der Waals surface area contributed by atoms with E-state index in [1.54, 1.807) is 40.9 Å². The lowest BCUT2D eigenvalue weighted by molar-refractivity contribution is 0.0958. The van der Waals surface area contributed by atoms with Gasteiger partial charge in [-0.25, -0.2) is 9.37 Å². The van der Waals surface area contributed by atoms with Crippen LogP contribution in [0.4, 0.5) is 10.2 Å². The number of halogens is 1. The molecule has 0 unspecified atom stereocenters. The Balaban J connectivity index is 1.59. The standard InChI is InChI=1S/C23H17BFN5O/c1-2-11-26-23(31)16-9-7-15(8-10-16)13-27-21-12-20(17-5-3-4-6-19(17)25)29-22-18(24)14-28-30(21)22/h1,3-10,12,14,27H,11,13H2,(H,26,31). The fraction of sp³-hybridized carbons (Fsp3) is 0.0870. The summed E-state index contributed by atoms with van der Waals surface area (Å²) < 4.78 is 15.9. The van der Waals surface area contributed by atoms with Gasteiger partial charge in [-0.2, -0.15) is 9.61 Å². The summed E-state index contributed by atoms with van der Waals surface area (Å²) in [6, 6.07) is 15.3. The van der Waals surface area contributed by atoms with E-state index < -0.39 is 0 Å². The van der Waals surface area contributed by atoms with Gasteiger partial charge in [0.05, 0.1) is 12.2 Å². The molecule has 4 aromatic rings. The zero-order valence-electron chi connectivity index (χ0n) is 16.5. The van der Waals surface area contributed by atoms with Crippen LogP contribution in [0.15, 0.2) is 60.8 Å². The highest BCUT2D eigenvalue weighted by Crippen LogP contribution is 2.24. The predicted octanol–water partition coefficient (Wildman–Crippen LogP) is 2.30. The summed E-state index contributed by atoms with van der Waals surface area (Å²) in [5, 5.41) is 10.2. The van der Waals surface area contributed by atoms with Gasteiger partial charge in [-0.15, -0.1) is 6.42 Å². The number of hydrogen-bond donors (Lipinski definition) is 2. The normalized spacial score (nSPS) is 10.6. The van der Waals surface area contributed by atoms with Crippen molar-refractivity contribution in [3.8, 4) is 23.6 Å². The largest absolute Gasteiger partial charge is 0.366 e. The van der Waals surface area contributed by atoms with Gasteiger partial charge in [-0.1, -0.05) is 30.2 Å². The monoisotopic (exact) mass is 409 g/mol. The van der Waals surface area contributed by atoms with Gasteiger partial charge in [0, 0.05) is 29.9 Å². The lowest BCUT2D eigenvalue weighted by Gasteiger charge is -2.12. The van der Waals surface area contributed by atoms with E-state index in [0.717, 1.165) is 5.56 Å². The van der Waals surface area contributed by atoms with E-state index in [1.807, 2.05) is 12.1 Å². The number of nitrogens with zero attached hydrogens (tertiary/aromatic N) is 3. The maximum Gasteiger partial charge on any atom is 0.252 e. The van der Waals surface area contributed by atoms with Crippen LogP contribution < -0.4 is 16.1 Å². The number of carbonyl (C=O) groups excluding carboxylic acids is 1. The highest BCUT2D eigenvalue weighted by molar-refractivity contribution is 6.36. The Bertz CT molecular complexity index is 1290. The van der Waals surface area contributed by atoms with Crippen molar-refractivity contribution < 1.29 is 9.18 Å². The average molecular weight is 409 g/mol. The summed E-state index contributed by atoms with van der Waals surface area (Å²) in [6.45, 7) is 0.624. The van der Waals surface area contributed by atoms with Crippen LogP contribution in [-0.2, 0) is 6.54 Å². The Hall–Kier alpha value is -4.12. The van der Waals surface area contributed by atoms with Gasteiger partial charge in [0.2, 0.25) is 0 Å². The van der Waals surface area contributed by atoms with E-state index in [0.29, 0.717) is 40.3 Å². The average Bonchev–Trinajstić information content (AvgIpc) is 3.17. The van der Waals surface area contributed by atoms with E-state index in [9.17, 15) is 9.18 Å². The number of amides is 1. The van der Waals surface area contributed by atoms with Crippen molar-refractivity contribution in [1.29, 1.82) is 0 Å². The molecule has 2 N–H and O–H groups in total. The molecule has 0 fully saturated rings. The first-order valence-electron chi connectivity index (χ1n) is 9.50. The molecule has 2 heterocycles. The Labute approximate surface area is 179 Å². The summed E-state index contributed by atoms with van der Waals surface area (Å²) in [4.78, 5) is 16.4. The third kappa shape index (κ3) is 4.26. The molecule has 0 atom stereocenters. The highest BCUT2D eigenvalue weighted by atomic mass is 19.1. The Morgan fingerprint density at radius 1 is 1.19 bits per heavy atom. The molecule has 6 nitrogen and oxygen atoms in total. The first-order valence-corrected chi connectivity index (χ1v) is 9.50. The summed E-state index contributed by atoms with van der Waals surface area (Å²) in [6.07, 6.45) is 6.66. The van der Waals surface area contributed by atoms with E-state index in [4.69, 9.17) is 14.3 Å². The van der Waals surface area contributed by atoms with Crippen molar-refractivity contribution in [3.05, 3.63) is 77.7 Å². The molecule has 0 aliphatic heterocycles. The van der Waals surface area contributed by atoms with Crippen molar-refractivity contribution in [1.82, 2.24) is 19.9 Å². The minimum Gasteiger partial charge on any atom is -0.366 e. The van der Waals surface area contributed by atoms with Crippen LogP contribution in [0.1, 0.15) is 15.9 Å². The molecule has 31 heavy (non-hydrogen) atoms. The van der Waals surface area contributed by atoms with E-state index in [1.165, 1.54) is 12.3 Å². The number of fused-ring (bicyclic) bond motifs is 1. The third-order valence-corrected chi connectivity index (χ3v) is 4.69. The second kappa shape index (κ2) is 8.72. The second-order valence-electron chi connectivity index (χ2n) is 6.78. The Morgan fingerprint density at radius 3 is 2.71 bits per heavy atom. The van der Waals surface area contributed by atoms with Gasteiger partial charge in [-0.3, -0.25) is 4.79 Å². The van der Waals surface area contributed by atoms with Gasteiger partial charge in [-0.05, 0) is 35.3 Å². The number of benzene rings is 2. The van der Waals surface area contributed by atoms with Crippen LogP contribution in [0.2, 0.25) is 0 Å². The first kappa shape index (κ1) is 20.2. The van der Waals surface area contributed by atoms with Crippen molar-refractivity contribution in [2.45, 2.75) is 6.54 Å². The number of aromatic nitrogens is 3. The molecule has 0 aliphatic carbocycles. The summed E-state index contributed by atoms with van der Waals surface area (Å²) in [5.41, 5.74) is 3.10. The molecule has 4 rings (SSSR count). The van der Waals surface area contributed by atoms with Crippen molar-refractivity contribution in [2.24, 2.45) is 0 Å². The van der Waals surface area contributed by atoms with E-state index >= 15 is 0 Å². The van der Waals surface area contributed by atoms with Crippen LogP contribution in [0.3, 0.4) is 0 Å². The maximum atomic E-state index is 14.3. The number of hydrogen-bond acceptors (Lipinski definition) is 4. The SMILES string of the molecule is [B]c1cnn2c(NCc3ccc(C(=O)NCC#C)cc3)cc(-c3ccccc3F)nc12. The molecule has 1 amide bonds. The van der Waals surface area contributed by atoms with Gasteiger partial charge in [0.1, 0.15) is 19.5 Å². The number of anilines is 1. The zero-order chi connectivity index (χ0) is 21.8. The van der Waals surface area contributed by atoms with Crippen LogP contribution in [0, 0.1) is 18.2 Å². The molecule has 150 valence electrons. The minimum atomic E-state index is -0.373. The number of rotatable bonds is 6. The number of terminal acetylenes is 1. The quantitative estimate of drug-likeness (QED) is 0.379. The fourth-order valence-corrected chi connectivity index (χ4v) is 3.11. The maximum absolute atomic E-state index is 14.3. The zero-order valence-corrected chi connectivity index (χ0v) is 16.5. The summed E-state index contributed by atoms with van der Waals surface area (Å²) >= 11 is 0. The topological polar surface area (TPSA) is 71.3 Å². The molecule has 0 bridgehead atoms. The molecular formula is C23H17BFN5O. The highest BCUT2D eigenvalue weighted by Gasteiger charge is 2.13. The molecular weight excluding hydrogens is 392 g/mol.